The van der Waals surface area contributed by atoms with Crippen LogP contribution in [-0.2, 0) is 11.0 Å². The van der Waals surface area contributed by atoms with Gasteiger partial charge in [-0.3, -0.25) is 9.10 Å². The number of thioether (sulfide) groups is 1. The predicted molar refractivity (Wildman–Crippen MR) is 136 cm³/mol. The third-order valence-electron chi connectivity index (χ3n) is 4.56. The van der Waals surface area contributed by atoms with Gasteiger partial charge in [0.25, 0.3) is 5.91 Å². The quantitative estimate of drug-likeness (QED) is 0.311. The molecule has 0 saturated heterocycles. The third kappa shape index (κ3) is 9.89. The van der Waals surface area contributed by atoms with Gasteiger partial charge in [0.1, 0.15) is 11.0 Å². The highest BCUT2D eigenvalue weighted by atomic mass is 32.2. The topological polar surface area (TPSA) is 69.6 Å². The van der Waals surface area contributed by atoms with Crippen molar-refractivity contribution in [1.29, 1.82) is 0 Å². The SMILES string of the molecule is CC.CN(c1ccccc1C(=O)Nc1ccc(SCCCCCCCO)cc1)S(C)=O. The molecule has 172 valence electrons. The number of aliphatic hydroxyl groups is 1. The first-order valence-electron chi connectivity index (χ1n) is 10.8. The molecule has 0 spiro atoms. The molecule has 0 aliphatic heterocycles. The van der Waals surface area contributed by atoms with E-state index in [-0.39, 0.29) is 12.5 Å². The van der Waals surface area contributed by atoms with Crippen molar-refractivity contribution in [3.8, 4) is 0 Å². The molecule has 0 fully saturated rings. The summed E-state index contributed by atoms with van der Waals surface area (Å²) >= 11 is 1.82. The summed E-state index contributed by atoms with van der Waals surface area (Å²) in [5.74, 6) is 0.847. The van der Waals surface area contributed by atoms with Crippen LogP contribution in [0.4, 0.5) is 11.4 Å². The first kappa shape index (κ1) is 27.2. The number of amides is 1. The van der Waals surface area contributed by atoms with E-state index in [1.807, 2.05) is 55.9 Å². The average molecular weight is 465 g/mol. The number of carbonyl (C=O) groups excluding carboxylic acids is 1. The molecule has 31 heavy (non-hydrogen) atoms. The molecule has 0 radical (unpaired) electrons. The molecule has 0 saturated carbocycles. The van der Waals surface area contributed by atoms with Crippen LogP contribution in [0.1, 0.15) is 56.3 Å². The summed E-state index contributed by atoms with van der Waals surface area (Å²) < 4.78 is 13.4. The van der Waals surface area contributed by atoms with Crippen LogP contribution in [0.25, 0.3) is 0 Å². The van der Waals surface area contributed by atoms with E-state index in [4.69, 9.17) is 5.11 Å². The van der Waals surface area contributed by atoms with Crippen LogP contribution >= 0.6 is 11.8 Å². The second-order valence-corrected chi connectivity index (χ2v) is 9.32. The summed E-state index contributed by atoms with van der Waals surface area (Å²) in [5, 5.41) is 11.7. The Morgan fingerprint density at radius 2 is 1.61 bits per heavy atom. The highest BCUT2D eigenvalue weighted by Crippen LogP contribution is 2.24. The number of nitrogens with zero attached hydrogens (tertiary/aromatic N) is 1. The lowest BCUT2D eigenvalue weighted by atomic mass is 10.1. The lowest BCUT2D eigenvalue weighted by Gasteiger charge is -2.19. The summed E-state index contributed by atoms with van der Waals surface area (Å²) in [4.78, 5) is 13.9. The van der Waals surface area contributed by atoms with Crippen molar-refractivity contribution in [3.63, 3.8) is 0 Å². The van der Waals surface area contributed by atoms with E-state index >= 15 is 0 Å². The molecule has 1 unspecified atom stereocenters. The molecule has 2 aromatic rings. The molecule has 2 N–H and O–H groups in total. The van der Waals surface area contributed by atoms with E-state index < -0.39 is 11.0 Å². The van der Waals surface area contributed by atoms with Crippen molar-refractivity contribution in [2.45, 2.75) is 50.8 Å². The maximum absolute atomic E-state index is 12.7. The third-order valence-corrected chi connectivity index (χ3v) is 6.62. The van der Waals surface area contributed by atoms with Gasteiger partial charge in [0.2, 0.25) is 0 Å². The number of aliphatic hydroxyl groups excluding tert-OH is 1. The summed E-state index contributed by atoms with van der Waals surface area (Å²) in [7, 11) is 0.504. The molecule has 0 aliphatic carbocycles. The minimum absolute atomic E-state index is 0.221. The molecule has 0 bridgehead atoms. The van der Waals surface area contributed by atoms with Crippen molar-refractivity contribution in [2.24, 2.45) is 0 Å². The van der Waals surface area contributed by atoms with Crippen LogP contribution in [0.15, 0.2) is 53.4 Å². The van der Waals surface area contributed by atoms with Gasteiger partial charge in [0.15, 0.2) is 0 Å². The fourth-order valence-corrected chi connectivity index (χ4v) is 4.19. The second kappa shape index (κ2) is 15.9. The number of para-hydroxylation sites is 1. The molecule has 7 heteroatoms. The molecule has 2 rings (SSSR count). The zero-order valence-electron chi connectivity index (χ0n) is 19.1. The van der Waals surface area contributed by atoms with Crippen molar-refractivity contribution in [2.75, 3.05) is 35.3 Å². The van der Waals surface area contributed by atoms with Crippen LogP contribution in [-0.4, -0.2) is 40.9 Å². The summed E-state index contributed by atoms with van der Waals surface area (Å²) in [6.45, 7) is 4.29. The molecule has 5 nitrogen and oxygen atoms in total. The van der Waals surface area contributed by atoms with E-state index in [1.54, 1.807) is 35.8 Å². The second-order valence-electron chi connectivity index (χ2n) is 6.76. The lowest BCUT2D eigenvalue weighted by molar-refractivity contribution is 0.102. The molecular weight excluding hydrogens is 428 g/mol. The van der Waals surface area contributed by atoms with Gasteiger partial charge in [0.05, 0.1) is 11.3 Å². The molecule has 2 aromatic carbocycles. The molecule has 1 amide bonds. The van der Waals surface area contributed by atoms with Gasteiger partial charge < -0.3 is 10.4 Å². The Balaban J connectivity index is 0.00000233. The first-order valence-corrected chi connectivity index (χ1v) is 13.3. The zero-order valence-corrected chi connectivity index (χ0v) is 20.7. The fourth-order valence-electron chi connectivity index (χ4n) is 2.85. The maximum Gasteiger partial charge on any atom is 0.257 e. The minimum Gasteiger partial charge on any atom is -0.396 e. The van der Waals surface area contributed by atoms with Crippen LogP contribution in [0.3, 0.4) is 0 Å². The van der Waals surface area contributed by atoms with Gasteiger partial charge in [-0.1, -0.05) is 45.2 Å². The maximum atomic E-state index is 12.7. The van der Waals surface area contributed by atoms with Crippen molar-refractivity contribution in [3.05, 3.63) is 54.1 Å². The number of carbonyl (C=O) groups is 1. The Bertz CT molecular complexity index is 798. The number of hydrogen-bond donors (Lipinski definition) is 2. The summed E-state index contributed by atoms with van der Waals surface area (Å²) in [6.07, 6.45) is 7.11. The fraction of sp³-hybridized carbons (Fsp3) is 0.458. The predicted octanol–water partition coefficient (Wildman–Crippen LogP) is 5.73. The number of unbranched alkanes of at least 4 members (excludes halogenated alkanes) is 4. The first-order chi connectivity index (χ1) is 15.0. The molecular formula is C24H36N2O3S2. The Hall–Kier alpha value is -1.83. The number of benzene rings is 2. The van der Waals surface area contributed by atoms with E-state index in [2.05, 4.69) is 5.32 Å². The molecule has 0 aliphatic rings. The average Bonchev–Trinajstić information content (AvgIpc) is 2.80. The van der Waals surface area contributed by atoms with E-state index in [0.29, 0.717) is 11.3 Å². The van der Waals surface area contributed by atoms with E-state index in [9.17, 15) is 9.00 Å². The van der Waals surface area contributed by atoms with Crippen LogP contribution < -0.4 is 9.62 Å². The standard InChI is InChI=1S/C22H30N2O3S2.C2H6/c1-24(29(2)27)21-11-7-6-10-20(21)22(26)23-18-12-14-19(15-13-18)28-17-9-5-3-4-8-16-25;1-2/h6-7,10-15,25H,3-5,8-9,16-17H2,1-2H3,(H,23,26);1-2H3. The minimum atomic E-state index is -1.21. The Kier molecular flexibility index (Phi) is 13.9. The van der Waals surface area contributed by atoms with Crippen LogP contribution in [0, 0.1) is 0 Å². The lowest BCUT2D eigenvalue weighted by Crippen LogP contribution is -2.23. The van der Waals surface area contributed by atoms with Gasteiger partial charge in [0, 0.05) is 30.5 Å². The van der Waals surface area contributed by atoms with Crippen LogP contribution in [0.5, 0.6) is 0 Å². The molecule has 0 heterocycles. The normalized spacial score (nSPS) is 11.3. The highest BCUT2D eigenvalue weighted by molar-refractivity contribution is 7.99. The summed E-state index contributed by atoms with van der Waals surface area (Å²) in [5.41, 5.74) is 1.86. The Labute approximate surface area is 194 Å². The number of rotatable bonds is 12. The molecule has 0 aromatic heterocycles. The van der Waals surface area contributed by atoms with Crippen LogP contribution in [0.2, 0.25) is 0 Å². The largest absolute Gasteiger partial charge is 0.396 e. The molecule has 1 atom stereocenters. The van der Waals surface area contributed by atoms with Crippen molar-refractivity contribution >= 4 is 40.0 Å². The van der Waals surface area contributed by atoms with Gasteiger partial charge >= 0.3 is 0 Å². The van der Waals surface area contributed by atoms with Gasteiger partial charge in [-0.05, 0) is 55.0 Å². The van der Waals surface area contributed by atoms with Crippen molar-refractivity contribution < 1.29 is 14.1 Å². The summed E-state index contributed by atoms with van der Waals surface area (Å²) in [6, 6.07) is 15.0. The van der Waals surface area contributed by atoms with E-state index in [0.717, 1.165) is 30.7 Å². The highest BCUT2D eigenvalue weighted by Gasteiger charge is 2.15. The number of nitrogens with one attached hydrogen (secondary N) is 1. The monoisotopic (exact) mass is 464 g/mol. The van der Waals surface area contributed by atoms with Gasteiger partial charge in [-0.15, -0.1) is 11.8 Å². The van der Waals surface area contributed by atoms with Gasteiger partial charge in [-0.25, -0.2) is 4.21 Å². The number of anilines is 2. The number of hydrogen-bond acceptors (Lipinski definition) is 4. The Morgan fingerprint density at radius 3 is 2.26 bits per heavy atom. The Morgan fingerprint density at radius 1 is 1.00 bits per heavy atom. The zero-order chi connectivity index (χ0) is 23.1. The van der Waals surface area contributed by atoms with Gasteiger partial charge in [-0.2, -0.15) is 0 Å². The van der Waals surface area contributed by atoms with Crippen molar-refractivity contribution in [1.82, 2.24) is 0 Å². The van der Waals surface area contributed by atoms with E-state index in [1.165, 1.54) is 17.7 Å². The smallest absolute Gasteiger partial charge is 0.257 e.